The van der Waals surface area contributed by atoms with Crippen LogP contribution in [0.4, 0.5) is 0 Å². The maximum atomic E-state index is 12.3. The van der Waals surface area contributed by atoms with E-state index < -0.39 is 36.9 Å². The Hall–Kier alpha value is -2.67. The number of benzene rings is 1. The van der Waals surface area contributed by atoms with Crippen LogP contribution in [0.2, 0.25) is 5.02 Å². The molecule has 0 unspecified atom stereocenters. The summed E-state index contributed by atoms with van der Waals surface area (Å²) in [5, 5.41) is 3.26. The van der Waals surface area contributed by atoms with Crippen LogP contribution in [-0.2, 0) is 23.9 Å². The molecule has 1 fully saturated rings. The van der Waals surface area contributed by atoms with Gasteiger partial charge in [0.1, 0.15) is 6.54 Å². The molecule has 28 heavy (non-hydrogen) atoms. The zero-order chi connectivity index (χ0) is 20.3. The third-order valence-corrected chi connectivity index (χ3v) is 5.21. The molecule has 148 valence electrons. The van der Waals surface area contributed by atoms with E-state index >= 15 is 0 Å². The van der Waals surface area contributed by atoms with Crippen molar-refractivity contribution in [2.75, 3.05) is 13.2 Å². The SMILES string of the molecule is C[C@@H](NC(=O)COC(=O)CN1C(=O)[C@H]2CC=CC[C@@H]2C1=O)c1cccc(Cl)c1. The van der Waals surface area contributed by atoms with Gasteiger partial charge in [0.25, 0.3) is 5.91 Å². The van der Waals surface area contributed by atoms with Crippen LogP contribution in [-0.4, -0.2) is 41.7 Å². The molecule has 0 saturated carbocycles. The summed E-state index contributed by atoms with van der Waals surface area (Å²) < 4.78 is 4.94. The number of halogens is 1. The molecular formula is C20H21ClN2O5. The van der Waals surface area contributed by atoms with Crippen molar-refractivity contribution in [2.24, 2.45) is 11.8 Å². The Morgan fingerprint density at radius 2 is 1.86 bits per heavy atom. The van der Waals surface area contributed by atoms with E-state index in [1.165, 1.54) is 0 Å². The van der Waals surface area contributed by atoms with Crippen LogP contribution in [0, 0.1) is 11.8 Å². The summed E-state index contributed by atoms with van der Waals surface area (Å²) in [4.78, 5) is 49.6. The number of nitrogens with one attached hydrogen (secondary N) is 1. The van der Waals surface area contributed by atoms with Gasteiger partial charge >= 0.3 is 5.97 Å². The first kappa shape index (κ1) is 20.1. The number of fused-ring (bicyclic) bond motifs is 1. The Balaban J connectivity index is 1.47. The minimum absolute atomic E-state index is 0.317. The highest BCUT2D eigenvalue weighted by Crippen LogP contribution is 2.34. The van der Waals surface area contributed by atoms with Gasteiger partial charge in [0.2, 0.25) is 11.8 Å². The van der Waals surface area contributed by atoms with Crippen molar-refractivity contribution in [1.29, 1.82) is 0 Å². The second-order valence-electron chi connectivity index (χ2n) is 6.92. The predicted octanol–water partition coefficient (Wildman–Crippen LogP) is 2.01. The fourth-order valence-electron chi connectivity index (χ4n) is 3.49. The first-order valence-corrected chi connectivity index (χ1v) is 9.45. The number of imide groups is 1. The van der Waals surface area contributed by atoms with Gasteiger partial charge in [-0.05, 0) is 37.5 Å². The van der Waals surface area contributed by atoms with Crippen molar-refractivity contribution in [2.45, 2.75) is 25.8 Å². The van der Waals surface area contributed by atoms with Crippen LogP contribution in [0.1, 0.15) is 31.4 Å². The molecule has 8 heteroatoms. The summed E-state index contributed by atoms with van der Waals surface area (Å²) in [5.74, 6) is -2.78. The van der Waals surface area contributed by atoms with Gasteiger partial charge < -0.3 is 10.1 Å². The molecule has 0 bridgehead atoms. The number of rotatable bonds is 6. The van der Waals surface area contributed by atoms with Gasteiger partial charge in [-0.2, -0.15) is 0 Å². The molecular weight excluding hydrogens is 384 g/mol. The number of ether oxygens (including phenoxy) is 1. The molecule has 0 aromatic heterocycles. The fourth-order valence-corrected chi connectivity index (χ4v) is 3.69. The average molecular weight is 405 g/mol. The Morgan fingerprint density at radius 1 is 1.21 bits per heavy atom. The predicted molar refractivity (Wildman–Crippen MR) is 101 cm³/mol. The molecule has 3 amide bonds. The summed E-state index contributed by atoms with van der Waals surface area (Å²) in [6, 6.07) is 6.74. The smallest absolute Gasteiger partial charge is 0.326 e. The number of carbonyl (C=O) groups is 4. The zero-order valence-electron chi connectivity index (χ0n) is 15.4. The summed E-state index contributed by atoms with van der Waals surface area (Å²) in [6.07, 6.45) is 4.76. The monoisotopic (exact) mass is 404 g/mol. The highest BCUT2D eigenvalue weighted by Gasteiger charge is 2.47. The van der Waals surface area contributed by atoms with Gasteiger partial charge in [-0.3, -0.25) is 24.1 Å². The lowest BCUT2D eigenvalue weighted by Gasteiger charge is -2.16. The van der Waals surface area contributed by atoms with Crippen molar-refractivity contribution in [3.05, 3.63) is 47.0 Å². The van der Waals surface area contributed by atoms with E-state index in [-0.39, 0.29) is 17.9 Å². The quantitative estimate of drug-likeness (QED) is 0.445. The Bertz CT molecular complexity index is 812. The van der Waals surface area contributed by atoms with E-state index in [9.17, 15) is 19.2 Å². The molecule has 1 heterocycles. The van der Waals surface area contributed by atoms with Gasteiger partial charge in [0, 0.05) is 5.02 Å². The number of nitrogens with zero attached hydrogens (tertiary/aromatic N) is 1. The molecule has 1 aliphatic heterocycles. The molecule has 0 spiro atoms. The normalized spacial score (nSPS) is 22.0. The van der Waals surface area contributed by atoms with E-state index in [0.717, 1.165) is 10.5 Å². The molecule has 3 rings (SSSR count). The minimum Gasteiger partial charge on any atom is -0.454 e. The van der Waals surface area contributed by atoms with Crippen LogP contribution in [0.25, 0.3) is 0 Å². The number of carbonyl (C=O) groups excluding carboxylic acids is 4. The lowest BCUT2D eigenvalue weighted by atomic mass is 9.85. The third-order valence-electron chi connectivity index (χ3n) is 4.98. The topological polar surface area (TPSA) is 92.8 Å². The summed E-state index contributed by atoms with van der Waals surface area (Å²) in [6.45, 7) is 0.818. The van der Waals surface area contributed by atoms with E-state index in [2.05, 4.69) is 5.32 Å². The maximum absolute atomic E-state index is 12.3. The Morgan fingerprint density at radius 3 is 2.46 bits per heavy atom. The van der Waals surface area contributed by atoms with Crippen LogP contribution < -0.4 is 5.32 Å². The third kappa shape index (κ3) is 4.42. The molecule has 1 N–H and O–H groups in total. The molecule has 0 radical (unpaired) electrons. The van der Waals surface area contributed by atoms with Crippen LogP contribution >= 0.6 is 11.6 Å². The van der Waals surface area contributed by atoms with Crippen molar-refractivity contribution in [3.63, 3.8) is 0 Å². The van der Waals surface area contributed by atoms with E-state index in [4.69, 9.17) is 16.3 Å². The average Bonchev–Trinajstić information content (AvgIpc) is 2.91. The van der Waals surface area contributed by atoms with Gasteiger partial charge in [0.05, 0.1) is 17.9 Å². The highest BCUT2D eigenvalue weighted by atomic mass is 35.5. The van der Waals surface area contributed by atoms with Crippen LogP contribution in [0.5, 0.6) is 0 Å². The second-order valence-corrected chi connectivity index (χ2v) is 7.36. The number of hydrogen-bond donors (Lipinski definition) is 1. The highest BCUT2D eigenvalue weighted by molar-refractivity contribution is 6.30. The number of hydrogen-bond acceptors (Lipinski definition) is 5. The first-order chi connectivity index (χ1) is 13.4. The molecule has 3 atom stereocenters. The van der Waals surface area contributed by atoms with E-state index in [1.807, 2.05) is 18.2 Å². The van der Waals surface area contributed by atoms with Gasteiger partial charge in [-0.1, -0.05) is 35.9 Å². The summed E-state index contributed by atoms with van der Waals surface area (Å²) in [7, 11) is 0. The van der Waals surface area contributed by atoms with E-state index in [1.54, 1.807) is 25.1 Å². The zero-order valence-corrected chi connectivity index (χ0v) is 16.1. The van der Waals surface area contributed by atoms with Crippen molar-refractivity contribution < 1.29 is 23.9 Å². The molecule has 1 aromatic carbocycles. The molecule has 7 nitrogen and oxygen atoms in total. The number of likely N-dealkylation sites (tertiary alicyclic amines) is 1. The standard InChI is InChI=1S/C20H21ClN2O5/c1-12(13-5-4-6-14(21)9-13)22-17(24)11-28-18(25)10-23-19(26)15-7-2-3-8-16(15)20(23)27/h2-6,9,12,15-16H,7-8,10-11H2,1H3,(H,22,24)/t12-,15+,16+/m1/s1. The first-order valence-electron chi connectivity index (χ1n) is 9.07. The number of amides is 3. The van der Waals surface area contributed by atoms with E-state index in [0.29, 0.717) is 17.9 Å². The summed E-state index contributed by atoms with van der Waals surface area (Å²) in [5.41, 5.74) is 0.816. The molecule has 1 aromatic rings. The lowest BCUT2D eigenvalue weighted by Crippen LogP contribution is -2.38. The largest absolute Gasteiger partial charge is 0.454 e. The summed E-state index contributed by atoms with van der Waals surface area (Å²) >= 11 is 5.93. The Labute approximate surface area is 167 Å². The van der Waals surface area contributed by atoms with Gasteiger partial charge in [-0.25, -0.2) is 0 Å². The van der Waals surface area contributed by atoms with Crippen molar-refractivity contribution in [3.8, 4) is 0 Å². The lowest BCUT2D eigenvalue weighted by molar-refractivity contribution is -0.155. The van der Waals surface area contributed by atoms with Gasteiger partial charge in [-0.15, -0.1) is 0 Å². The van der Waals surface area contributed by atoms with Crippen molar-refractivity contribution in [1.82, 2.24) is 10.2 Å². The van der Waals surface area contributed by atoms with Crippen LogP contribution in [0.15, 0.2) is 36.4 Å². The maximum Gasteiger partial charge on any atom is 0.326 e. The molecule has 2 aliphatic rings. The van der Waals surface area contributed by atoms with Gasteiger partial charge in [0.15, 0.2) is 6.61 Å². The van der Waals surface area contributed by atoms with Crippen molar-refractivity contribution >= 4 is 35.3 Å². The minimum atomic E-state index is -0.793. The molecule has 1 aliphatic carbocycles. The molecule has 1 saturated heterocycles. The number of esters is 1. The number of allylic oxidation sites excluding steroid dienone is 2. The Kier molecular flexibility index (Phi) is 6.14. The fraction of sp³-hybridized carbons (Fsp3) is 0.400. The second kappa shape index (κ2) is 8.56. The van der Waals surface area contributed by atoms with Crippen LogP contribution in [0.3, 0.4) is 0 Å².